The molecule has 0 bridgehead atoms. The first-order valence-electron chi connectivity index (χ1n) is 7.76. The molecule has 0 aromatic carbocycles. The lowest BCUT2D eigenvalue weighted by molar-refractivity contribution is 0.588. The van der Waals surface area contributed by atoms with Crippen molar-refractivity contribution in [2.24, 2.45) is 0 Å². The Balaban J connectivity index is 1.45. The lowest BCUT2D eigenvalue weighted by Crippen LogP contribution is -2.26. The Bertz CT molecular complexity index is 759. The summed E-state index contributed by atoms with van der Waals surface area (Å²) in [5, 5.41) is 5.65. The molecule has 1 aliphatic rings. The van der Waals surface area contributed by atoms with Gasteiger partial charge in [0.2, 0.25) is 5.13 Å². The van der Waals surface area contributed by atoms with Gasteiger partial charge in [-0.2, -0.15) is 9.47 Å². The molecule has 1 saturated carbocycles. The molecule has 0 N–H and O–H groups in total. The summed E-state index contributed by atoms with van der Waals surface area (Å²) in [4.78, 5) is 8.03. The van der Waals surface area contributed by atoms with E-state index in [9.17, 15) is 0 Å². The van der Waals surface area contributed by atoms with Crippen LogP contribution in [0.4, 0.5) is 5.13 Å². The van der Waals surface area contributed by atoms with Crippen LogP contribution in [-0.2, 0) is 13.1 Å². The van der Waals surface area contributed by atoms with E-state index in [1.807, 2.05) is 17.8 Å². The first kappa shape index (κ1) is 14.8. The highest BCUT2D eigenvalue weighted by molar-refractivity contribution is 7.09. The fraction of sp³-hybridized carbons (Fsp3) is 0.467. The predicted molar refractivity (Wildman–Crippen MR) is 92.0 cm³/mol. The molecular formula is C15H18N6S2. The Morgan fingerprint density at radius 2 is 2.22 bits per heavy atom. The topological polar surface area (TPSA) is 59.7 Å². The van der Waals surface area contributed by atoms with Gasteiger partial charge in [0.15, 0.2) is 0 Å². The Labute approximate surface area is 143 Å². The number of rotatable bonds is 7. The molecular weight excluding hydrogens is 328 g/mol. The monoisotopic (exact) mass is 346 g/mol. The van der Waals surface area contributed by atoms with E-state index in [2.05, 4.69) is 42.1 Å². The molecule has 0 aliphatic heterocycles. The van der Waals surface area contributed by atoms with Crippen molar-refractivity contribution in [2.45, 2.75) is 38.8 Å². The molecule has 0 saturated heterocycles. The van der Waals surface area contributed by atoms with Gasteiger partial charge >= 0.3 is 0 Å². The van der Waals surface area contributed by atoms with E-state index in [-0.39, 0.29) is 0 Å². The van der Waals surface area contributed by atoms with Crippen LogP contribution >= 0.6 is 23.1 Å². The van der Waals surface area contributed by atoms with Crippen molar-refractivity contribution in [2.75, 3.05) is 11.4 Å². The largest absolute Gasteiger partial charge is 0.340 e. The maximum atomic E-state index is 4.69. The maximum absolute atomic E-state index is 4.69. The standard InChI is InChI=1S/C15H18N6S2/c1-11-17-15(23-19-11)20(10-13-4-6-16-22-13)8-9-21-7-5-14(18-21)12-2-3-12/h4-7,12H,2-3,8-10H2,1H3. The zero-order valence-electron chi connectivity index (χ0n) is 12.9. The van der Waals surface area contributed by atoms with Crippen molar-refractivity contribution in [1.82, 2.24) is 23.5 Å². The maximum Gasteiger partial charge on any atom is 0.205 e. The number of aryl methyl sites for hydroxylation is 1. The summed E-state index contributed by atoms with van der Waals surface area (Å²) in [5.74, 6) is 1.53. The van der Waals surface area contributed by atoms with Crippen LogP contribution in [0.15, 0.2) is 24.5 Å². The van der Waals surface area contributed by atoms with Crippen LogP contribution in [0.2, 0.25) is 0 Å². The van der Waals surface area contributed by atoms with E-state index < -0.39 is 0 Å². The lowest BCUT2D eigenvalue weighted by Gasteiger charge is -2.20. The fourth-order valence-corrected chi connectivity index (χ4v) is 3.78. The number of hydrogen-bond donors (Lipinski definition) is 0. The smallest absolute Gasteiger partial charge is 0.205 e. The third-order valence-electron chi connectivity index (χ3n) is 3.88. The number of hydrogen-bond acceptors (Lipinski definition) is 7. The molecule has 1 fully saturated rings. The van der Waals surface area contributed by atoms with E-state index in [1.54, 1.807) is 0 Å². The number of nitrogens with zero attached hydrogens (tertiary/aromatic N) is 6. The molecule has 3 heterocycles. The molecule has 0 atom stereocenters. The predicted octanol–water partition coefficient (Wildman–Crippen LogP) is 3.08. The normalized spacial score (nSPS) is 14.3. The van der Waals surface area contributed by atoms with Crippen LogP contribution in [0.25, 0.3) is 0 Å². The summed E-state index contributed by atoms with van der Waals surface area (Å²) in [7, 11) is 0. The molecule has 1 aliphatic carbocycles. The number of anilines is 1. The molecule has 0 unspecified atom stereocenters. The van der Waals surface area contributed by atoms with Crippen LogP contribution in [0.3, 0.4) is 0 Å². The first-order valence-corrected chi connectivity index (χ1v) is 9.31. The van der Waals surface area contributed by atoms with Crippen LogP contribution in [0.5, 0.6) is 0 Å². The molecule has 8 heteroatoms. The molecule has 4 rings (SSSR count). The van der Waals surface area contributed by atoms with Gasteiger partial charge in [0.1, 0.15) is 5.82 Å². The van der Waals surface area contributed by atoms with Crippen molar-refractivity contribution < 1.29 is 0 Å². The molecule has 0 spiro atoms. The zero-order chi connectivity index (χ0) is 15.6. The van der Waals surface area contributed by atoms with Gasteiger partial charge in [-0.25, -0.2) is 9.36 Å². The molecule has 3 aromatic heterocycles. The molecule has 23 heavy (non-hydrogen) atoms. The van der Waals surface area contributed by atoms with Gasteiger partial charge in [-0.1, -0.05) is 0 Å². The van der Waals surface area contributed by atoms with Gasteiger partial charge in [-0.15, -0.1) is 0 Å². The van der Waals surface area contributed by atoms with Gasteiger partial charge in [0.05, 0.1) is 18.8 Å². The van der Waals surface area contributed by atoms with Crippen LogP contribution in [-0.4, -0.2) is 30.1 Å². The summed E-state index contributed by atoms with van der Waals surface area (Å²) >= 11 is 2.99. The SMILES string of the molecule is Cc1nsc(N(CCn2ccc(C3CC3)n2)Cc2ccns2)n1. The van der Waals surface area contributed by atoms with Gasteiger partial charge in [-0.05, 0) is 43.4 Å². The van der Waals surface area contributed by atoms with Crippen LogP contribution < -0.4 is 4.90 Å². The summed E-state index contributed by atoms with van der Waals surface area (Å²) < 4.78 is 10.5. The quantitative estimate of drug-likeness (QED) is 0.658. The first-order chi connectivity index (χ1) is 11.3. The Morgan fingerprint density at radius 3 is 2.91 bits per heavy atom. The minimum Gasteiger partial charge on any atom is -0.340 e. The van der Waals surface area contributed by atoms with Crippen molar-refractivity contribution in [1.29, 1.82) is 0 Å². The van der Waals surface area contributed by atoms with E-state index >= 15 is 0 Å². The molecule has 0 amide bonds. The highest BCUT2D eigenvalue weighted by atomic mass is 32.1. The molecule has 6 nitrogen and oxygen atoms in total. The Morgan fingerprint density at radius 1 is 1.30 bits per heavy atom. The second-order valence-corrected chi connectivity index (χ2v) is 7.45. The van der Waals surface area contributed by atoms with E-state index in [1.165, 1.54) is 46.5 Å². The highest BCUT2D eigenvalue weighted by Gasteiger charge is 2.25. The Kier molecular flexibility index (Phi) is 4.09. The van der Waals surface area contributed by atoms with Crippen LogP contribution in [0, 0.1) is 6.92 Å². The summed E-state index contributed by atoms with van der Waals surface area (Å²) in [6, 6.07) is 4.21. The second-order valence-electron chi connectivity index (χ2n) is 5.80. The molecule has 0 radical (unpaired) electrons. The van der Waals surface area contributed by atoms with Crippen molar-refractivity contribution in [3.63, 3.8) is 0 Å². The van der Waals surface area contributed by atoms with E-state index in [0.29, 0.717) is 5.92 Å². The average molecular weight is 346 g/mol. The lowest BCUT2D eigenvalue weighted by atomic mass is 10.3. The van der Waals surface area contributed by atoms with Crippen molar-refractivity contribution in [3.8, 4) is 0 Å². The van der Waals surface area contributed by atoms with E-state index in [0.717, 1.165) is 30.6 Å². The summed E-state index contributed by atoms with van der Waals surface area (Å²) in [5.41, 5.74) is 1.24. The van der Waals surface area contributed by atoms with Gasteiger partial charge in [0.25, 0.3) is 0 Å². The second kappa shape index (κ2) is 6.37. The van der Waals surface area contributed by atoms with E-state index in [4.69, 9.17) is 0 Å². The highest BCUT2D eigenvalue weighted by Crippen LogP contribution is 2.38. The minimum absolute atomic E-state index is 0.704. The van der Waals surface area contributed by atoms with Crippen molar-refractivity contribution in [3.05, 3.63) is 40.9 Å². The van der Waals surface area contributed by atoms with Gasteiger partial charge in [-0.3, -0.25) is 4.68 Å². The zero-order valence-corrected chi connectivity index (χ0v) is 14.6. The summed E-state index contributed by atoms with van der Waals surface area (Å²) in [6.45, 7) is 4.46. The fourth-order valence-electron chi connectivity index (χ4n) is 2.49. The minimum atomic E-state index is 0.704. The third-order valence-corrected chi connectivity index (χ3v) is 5.48. The Hall–Kier alpha value is -1.80. The third kappa shape index (κ3) is 3.59. The van der Waals surface area contributed by atoms with Crippen LogP contribution in [0.1, 0.15) is 35.2 Å². The average Bonchev–Trinajstić information content (AvgIpc) is 2.95. The van der Waals surface area contributed by atoms with Crippen molar-refractivity contribution >= 4 is 28.2 Å². The molecule has 120 valence electrons. The summed E-state index contributed by atoms with van der Waals surface area (Å²) in [6.07, 6.45) is 6.51. The van der Waals surface area contributed by atoms with Gasteiger partial charge < -0.3 is 4.90 Å². The van der Waals surface area contributed by atoms with Gasteiger partial charge in [0, 0.05) is 41.3 Å². The molecule has 3 aromatic rings. The number of aromatic nitrogens is 5.